The molecule has 1 aromatic heterocycles. The first-order chi connectivity index (χ1) is 27.4. The van der Waals surface area contributed by atoms with Gasteiger partial charge in [0.2, 0.25) is 11.8 Å². The maximum atomic E-state index is 14.1. The molecule has 2 aliphatic rings. The summed E-state index contributed by atoms with van der Waals surface area (Å²) >= 11 is 1.41. The average Bonchev–Trinajstić information content (AvgIpc) is 3.73. The third-order valence-corrected chi connectivity index (χ3v) is 11.8. The van der Waals surface area contributed by atoms with E-state index in [2.05, 4.69) is 25.6 Å². The number of aliphatic hydroxyl groups is 1. The van der Waals surface area contributed by atoms with Crippen molar-refractivity contribution in [2.24, 2.45) is 10.5 Å². The summed E-state index contributed by atoms with van der Waals surface area (Å²) in [6.07, 6.45) is -2.52. The summed E-state index contributed by atoms with van der Waals surface area (Å²) in [6.45, 7) is 10.1. The first kappa shape index (κ1) is 43.7. The Morgan fingerprint density at radius 1 is 1.10 bits per heavy atom. The minimum Gasteiger partial charge on any atom is -0.462 e. The van der Waals surface area contributed by atoms with Crippen molar-refractivity contribution in [3.8, 4) is 0 Å². The van der Waals surface area contributed by atoms with Crippen molar-refractivity contribution in [1.29, 1.82) is 0 Å². The van der Waals surface area contributed by atoms with E-state index in [1.54, 1.807) is 24.3 Å². The number of azide groups is 1. The van der Waals surface area contributed by atoms with E-state index in [1.165, 1.54) is 48.2 Å². The number of hydrogen-bond acceptors (Lipinski definition) is 11. The Bertz CT molecular complexity index is 2170. The van der Waals surface area contributed by atoms with Gasteiger partial charge in [-0.1, -0.05) is 59.7 Å². The van der Waals surface area contributed by atoms with Crippen LogP contribution in [-0.2, 0) is 41.6 Å². The molecule has 18 heteroatoms. The van der Waals surface area contributed by atoms with Gasteiger partial charge in [-0.2, -0.15) is 0 Å². The number of aromatic amines is 1. The van der Waals surface area contributed by atoms with Gasteiger partial charge in [-0.05, 0) is 70.2 Å². The number of benzene rings is 2. The summed E-state index contributed by atoms with van der Waals surface area (Å²) in [5.41, 5.74) is 9.40. The summed E-state index contributed by atoms with van der Waals surface area (Å²) in [5.74, 6) is -2.37. The summed E-state index contributed by atoms with van der Waals surface area (Å²) < 4.78 is 12.0. The number of aryl methyl sites for hydroxylation is 2. The highest BCUT2D eigenvalue weighted by Crippen LogP contribution is 2.40. The van der Waals surface area contributed by atoms with E-state index in [9.17, 15) is 33.9 Å². The minimum absolute atomic E-state index is 0.0672. The number of aliphatic hydroxyl groups excluding tert-OH is 1. The predicted molar refractivity (Wildman–Crippen MR) is 215 cm³/mol. The van der Waals surface area contributed by atoms with E-state index in [0.29, 0.717) is 0 Å². The zero-order valence-corrected chi connectivity index (χ0v) is 34.2. The molecule has 0 aliphatic carbocycles. The first-order valence-electron chi connectivity index (χ1n) is 18.9. The van der Waals surface area contributed by atoms with E-state index < -0.39 is 82.2 Å². The zero-order valence-electron chi connectivity index (χ0n) is 33.3. The molecule has 2 saturated heterocycles. The fraction of sp³-hybridized carbons (Fsp3) is 0.500. The lowest BCUT2D eigenvalue weighted by Crippen LogP contribution is -2.58. The number of rotatable bonds is 15. The average molecular weight is 819 g/mol. The van der Waals surface area contributed by atoms with E-state index in [-0.39, 0.29) is 43.3 Å². The van der Waals surface area contributed by atoms with Gasteiger partial charge >= 0.3 is 11.7 Å². The number of carbonyl (C=O) groups excluding carboxylic acids is 4. The molecule has 0 saturated carbocycles. The topological polar surface area (TPSA) is 238 Å². The van der Waals surface area contributed by atoms with Gasteiger partial charge in [0, 0.05) is 40.8 Å². The lowest BCUT2D eigenvalue weighted by molar-refractivity contribution is -0.161. The van der Waals surface area contributed by atoms with Crippen molar-refractivity contribution in [1.82, 2.24) is 25.1 Å². The number of aromatic nitrogens is 2. The Morgan fingerprint density at radius 2 is 1.79 bits per heavy atom. The molecule has 3 amide bonds. The van der Waals surface area contributed by atoms with Crippen molar-refractivity contribution in [2.45, 2.75) is 109 Å². The Kier molecular flexibility index (Phi) is 13.9. The normalized spacial score (nSPS) is 21.1. The SMILES string of the molecule is Cc1ccccc1CNC(=O)[C@H]1N(C(=O)[C@@H](O)[C@H](Cc2ccccc2)NC(=O)CC(C)(C)C(=O)OC[C@@H]2O[C@H](n3cc(C)c(=O)[nH]c3=O)C[C@H]2N=[N+]=[N-])CSC1(C)C. The van der Waals surface area contributed by atoms with Crippen LogP contribution in [0, 0.1) is 19.3 Å². The van der Waals surface area contributed by atoms with Gasteiger partial charge in [0.05, 0.1) is 23.4 Å². The third-order valence-electron chi connectivity index (χ3n) is 10.5. The molecule has 2 aliphatic heterocycles. The van der Waals surface area contributed by atoms with Crippen LogP contribution in [0.25, 0.3) is 10.4 Å². The van der Waals surface area contributed by atoms with Crippen molar-refractivity contribution < 1.29 is 33.8 Å². The number of thioether (sulfide) groups is 1. The van der Waals surface area contributed by atoms with Gasteiger partial charge in [0.15, 0.2) is 6.10 Å². The lowest BCUT2D eigenvalue weighted by Gasteiger charge is -2.33. The second-order valence-electron chi connectivity index (χ2n) is 15.8. The van der Waals surface area contributed by atoms with Gasteiger partial charge < -0.3 is 30.1 Å². The Labute approximate surface area is 339 Å². The molecule has 3 aromatic rings. The monoisotopic (exact) mass is 818 g/mol. The van der Waals surface area contributed by atoms with Crippen LogP contribution in [0.1, 0.15) is 69.0 Å². The standard InChI is InChI=1S/C40H50N8O9S/c1-23-12-10-11-15-26(23)19-42-35(52)33-40(5,6)58-22-48(33)36(53)32(50)28(16-25-13-8-7-9-14-25)43-30(49)18-39(3,4)37(54)56-21-29-27(45-46-41)17-31(57-29)47-20-24(2)34(51)44-38(47)55/h7-15,20,27-29,31-33,50H,16-19,21-22H2,1-6H3,(H,42,52)(H,43,49)(H,44,51,55)/t27-,28+,29+,31+,32+,33-/m1/s1. The summed E-state index contributed by atoms with van der Waals surface area (Å²) in [7, 11) is 0. The van der Waals surface area contributed by atoms with Crippen molar-refractivity contribution >= 4 is 35.5 Å². The molecule has 2 aromatic carbocycles. The number of hydrogen-bond donors (Lipinski definition) is 4. The highest BCUT2D eigenvalue weighted by Gasteiger charge is 2.50. The highest BCUT2D eigenvalue weighted by atomic mass is 32.2. The van der Waals surface area contributed by atoms with E-state index in [4.69, 9.17) is 15.0 Å². The molecule has 58 heavy (non-hydrogen) atoms. The molecule has 6 atom stereocenters. The fourth-order valence-electron chi connectivity index (χ4n) is 7.06. The molecule has 4 N–H and O–H groups in total. The van der Waals surface area contributed by atoms with Gasteiger partial charge in [-0.3, -0.25) is 33.5 Å². The Hall–Kier alpha value is -5.42. The summed E-state index contributed by atoms with van der Waals surface area (Å²) in [5, 5.41) is 21.1. The highest BCUT2D eigenvalue weighted by molar-refractivity contribution is 8.00. The number of esters is 1. The van der Waals surface area contributed by atoms with Crippen LogP contribution in [0.15, 0.2) is 75.5 Å². The largest absolute Gasteiger partial charge is 0.462 e. The first-order valence-corrected chi connectivity index (χ1v) is 19.9. The molecule has 2 fully saturated rings. The van der Waals surface area contributed by atoms with E-state index >= 15 is 0 Å². The van der Waals surface area contributed by atoms with Crippen LogP contribution in [0.2, 0.25) is 0 Å². The Balaban J connectivity index is 1.25. The molecular weight excluding hydrogens is 769 g/mol. The number of nitrogens with zero attached hydrogens (tertiary/aromatic N) is 5. The zero-order chi connectivity index (χ0) is 42.4. The number of carbonyl (C=O) groups is 4. The third kappa shape index (κ3) is 10.4. The van der Waals surface area contributed by atoms with Crippen LogP contribution in [0.4, 0.5) is 0 Å². The molecule has 0 radical (unpaired) electrons. The molecule has 310 valence electrons. The second kappa shape index (κ2) is 18.4. The van der Waals surface area contributed by atoms with Crippen LogP contribution in [0.5, 0.6) is 0 Å². The maximum Gasteiger partial charge on any atom is 0.330 e. The fourth-order valence-corrected chi connectivity index (χ4v) is 8.20. The number of amides is 3. The molecule has 5 rings (SSSR count). The van der Waals surface area contributed by atoms with Gasteiger partial charge in [-0.15, -0.1) is 11.8 Å². The van der Waals surface area contributed by atoms with Crippen LogP contribution >= 0.6 is 11.8 Å². The minimum atomic E-state index is -1.75. The molecule has 0 spiro atoms. The second-order valence-corrected chi connectivity index (χ2v) is 17.4. The quantitative estimate of drug-likeness (QED) is 0.0756. The Morgan fingerprint density at radius 3 is 2.48 bits per heavy atom. The van der Waals surface area contributed by atoms with E-state index in [0.717, 1.165) is 16.7 Å². The molecule has 0 bridgehead atoms. The molecule has 0 unspecified atom stereocenters. The van der Waals surface area contributed by atoms with Gasteiger partial charge in [0.1, 0.15) is 25.0 Å². The summed E-state index contributed by atoms with van der Waals surface area (Å²) in [4.78, 5) is 85.6. The number of nitrogens with one attached hydrogen (secondary N) is 3. The van der Waals surface area contributed by atoms with Crippen LogP contribution in [0.3, 0.4) is 0 Å². The van der Waals surface area contributed by atoms with Crippen LogP contribution < -0.4 is 21.9 Å². The maximum absolute atomic E-state index is 14.1. The molecular formula is C40H50N8O9S. The lowest BCUT2D eigenvalue weighted by atomic mass is 9.88. The van der Waals surface area contributed by atoms with Gasteiger partial charge in [0.25, 0.3) is 11.5 Å². The molecule has 17 nitrogen and oxygen atoms in total. The van der Waals surface area contributed by atoms with Crippen LogP contribution in [-0.4, -0.2) is 90.8 Å². The van der Waals surface area contributed by atoms with Crippen molar-refractivity contribution in [3.05, 3.63) is 114 Å². The van der Waals surface area contributed by atoms with Crippen molar-refractivity contribution in [3.63, 3.8) is 0 Å². The van der Waals surface area contributed by atoms with E-state index in [1.807, 2.05) is 51.1 Å². The molecule has 3 heterocycles. The van der Waals surface area contributed by atoms with Gasteiger partial charge in [-0.25, -0.2) is 4.79 Å². The van der Waals surface area contributed by atoms with Crippen molar-refractivity contribution in [2.75, 3.05) is 12.5 Å². The summed E-state index contributed by atoms with van der Waals surface area (Å²) in [6, 6.07) is 13.8. The number of ether oxygens (including phenoxy) is 2. The smallest absolute Gasteiger partial charge is 0.330 e. The number of H-pyrrole nitrogens is 1. The predicted octanol–water partition coefficient (Wildman–Crippen LogP) is 3.16.